The van der Waals surface area contributed by atoms with Crippen LogP contribution >= 0.6 is 0 Å². The minimum Gasteiger partial charge on any atom is -0.338 e. The average Bonchev–Trinajstić information content (AvgIpc) is 2.95. The van der Waals surface area contributed by atoms with Crippen molar-refractivity contribution in [1.29, 1.82) is 0 Å². The molecule has 1 aromatic carbocycles. The van der Waals surface area contributed by atoms with Crippen molar-refractivity contribution in [3.8, 4) is 0 Å². The molecule has 1 saturated heterocycles. The maximum atomic E-state index is 13.6. The fourth-order valence-electron chi connectivity index (χ4n) is 4.08. The summed E-state index contributed by atoms with van der Waals surface area (Å²) in [5.41, 5.74) is 0.438. The standard InChI is InChI=1S/C18H20FN3O2/c1-21(2)7-13-14-8-22(9-15(13)14)18(24)12-6-17(23)20-16-4-3-10(19)5-11(12)16/h3-6,13-15H,7-9H2,1-2H3,(H,20,23)/t13?,14-,15+. The number of amides is 1. The minimum atomic E-state index is -0.418. The van der Waals surface area contributed by atoms with Gasteiger partial charge >= 0.3 is 0 Å². The molecule has 1 N–H and O–H groups in total. The number of carbonyl (C=O) groups excluding carboxylic acids is 1. The van der Waals surface area contributed by atoms with Crippen molar-refractivity contribution in [2.24, 2.45) is 17.8 Å². The maximum Gasteiger partial charge on any atom is 0.254 e. The van der Waals surface area contributed by atoms with Crippen LogP contribution in [0.15, 0.2) is 29.1 Å². The summed E-state index contributed by atoms with van der Waals surface area (Å²) in [7, 11) is 4.13. The third-order valence-electron chi connectivity index (χ3n) is 5.27. The van der Waals surface area contributed by atoms with Gasteiger partial charge in [-0.15, -0.1) is 0 Å². The van der Waals surface area contributed by atoms with Crippen LogP contribution in [0.2, 0.25) is 0 Å². The van der Waals surface area contributed by atoms with Gasteiger partial charge in [-0.3, -0.25) is 9.59 Å². The van der Waals surface area contributed by atoms with E-state index in [2.05, 4.69) is 24.0 Å². The van der Waals surface area contributed by atoms with Crippen LogP contribution in [0.1, 0.15) is 10.4 Å². The summed E-state index contributed by atoms with van der Waals surface area (Å²) < 4.78 is 13.6. The molecule has 1 aliphatic carbocycles. The Kier molecular flexibility index (Phi) is 3.46. The predicted octanol–water partition coefficient (Wildman–Crippen LogP) is 1.55. The largest absolute Gasteiger partial charge is 0.338 e. The summed E-state index contributed by atoms with van der Waals surface area (Å²) in [4.78, 5) is 31.3. The molecule has 2 fully saturated rings. The Morgan fingerprint density at radius 3 is 2.67 bits per heavy atom. The molecule has 6 heteroatoms. The molecule has 126 valence electrons. The Morgan fingerprint density at radius 2 is 2.00 bits per heavy atom. The number of benzene rings is 1. The van der Waals surface area contributed by atoms with E-state index in [1.807, 2.05) is 0 Å². The van der Waals surface area contributed by atoms with Crippen molar-refractivity contribution in [2.45, 2.75) is 0 Å². The van der Waals surface area contributed by atoms with E-state index in [1.165, 1.54) is 24.3 Å². The second-order valence-corrected chi connectivity index (χ2v) is 7.20. The third-order valence-corrected chi connectivity index (χ3v) is 5.27. The molecular formula is C18H20FN3O2. The van der Waals surface area contributed by atoms with Crippen molar-refractivity contribution in [3.63, 3.8) is 0 Å². The van der Waals surface area contributed by atoms with Crippen molar-refractivity contribution in [1.82, 2.24) is 14.8 Å². The average molecular weight is 329 g/mol. The molecule has 2 heterocycles. The number of halogens is 1. The summed E-state index contributed by atoms with van der Waals surface area (Å²) in [5.74, 6) is 1.19. The topological polar surface area (TPSA) is 56.4 Å². The fraction of sp³-hybridized carbons (Fsp3) is 0.444. The predicted molar refractivity (Wildman–Crippen MR) is 89.5 cm³/mol. The van der Waals surface area contributed by atoms with Gasteiger partial charge in [0.25, 0.3) is 5.91 Å². The van der Waals surface area contributed by atoms with Gasteiger partial charge in [0.1, 0.15) is 5.82 Å². The Balaban J connectivity index is 1.59. The van der Waals surface area contributed by atoms with Crippen molar-refractivity contribution >= 4 is 16.8 Å². The Bertz CT molecular complexity index is 864. The van der Waals surface area contributed by atoms with Crippen LogP contribution < -0.4 is 5.56 Å². The number of H-pyrrole nitrogens is 1. The molecule has 5 nitrogen and oxygen atoms in total. The number of likely N-dealkylation sites (tertiary alicyclic amines) is 1. The summed E-state index contributed by atoms with van der Waals surface area (Å²) in [6.45, 7) is 2.51. The van der Waals surface area contributed by atoms with E-state index < -0.39 is 5.82 Å². The Hall–Kier alpha value is -2.21. The van der Waals surface area contributed by atoms with Gasteiger partial charge in [0.15, 0.2) is 0 Å². The van der Waals surface area contributed by atoms with E-state index in [9.17, 15) is 14.0 Å². The van der Waals surface area contributed by atoms with Gasteiger partial charge in [0.05, 0.1) is 5.56 Å². The van der Waals surface area contributed by atoms with Crippen molar-refractivity contribution in [3.05, 3.63) is 46.0 Å². The van der Waals surface area contributed by atoms with Gasteiger partial charge in [-0.2, -0.15) is 0 Å². The second kappa shape index (κ2) is 5.41. The number of aromatic nitrogens is 1. The van der Waals surface area contributed by atoms with Crippen LogP contribution in [0.3, 0.4) is 0 Å². The second-order valence-electron chi connectivity index (χ2n) is 7.20. The zero-order valence-corrected chi connectivity index (χ0v) is 13.8. The Morgan fingerprint density at radius 1 is 1.29 bits per heavy atom. The highest BCUT2D eigenvalue weighted by molar-refractivity contribution is 6.06. The molecule has 3 atom stereocenters. The number of carbonyl (C=O) groups is 1. The zero-order valence-electron chi connectivity index (χ0n) is 13.8. The lowest BCUT2D eigenvalue weighted by Gasteiger charge is -2.21. The van der Waals surface area contributed by atoms with Crippen LogP contribution in [0.25, 0.3) is 10.9 Å². The number of aromatic amines is 1. The van der Waals surface area contributed by atoms with Gasteiger partial charge in [-0.1, -0.05) is 0 Å². The van der Waals surface area contributed by atoms with Crippen LogP contribution in [-0.4, -0.2) is 54.4 Å². The SMILES string of the molecule is CN(C)CC1[C@H]2CN(C(=O)c3cc(=O)[nH]c4ccc(F)cc34)C[C@@H]12. The molecule has 1 saturated carbocycles. The summed E-state index contributed by atoms with van der Waals surface area (Å²) in [6, 6.07) is 5.37. The monoisotopic (exact) mass is 329 g/mol. The number of rotatable bonds is 3. The van der Waals surface area contributed by atoms with Gasteiger partial charge in [0.2, 0.25) is 5.56 Å². The van der Waals surface area contributed by atoms with Crippen molar-refractivity contribution in [2.75, 3.05) is 33.7 Å². The molecule has 0 radical (unpaired) electrons. The number of hydrogen-bond acceptors (Lipinski definition) is 3. The number of fused-ring (bicyclic) bond motifs is 2. The molecule has 24 heavy (non-hydrogen) atoms. The molecule has 0 bridgehead atoms. The van der Waals surface area contributed by atoms with E-state index in [0.717, 1.165) is 19.6 Å². The van der Waals surface area contributed by atoms with Crippen LogP contribution in [0.5, 0.6) is 0 Å². The first-order valence-corrected chi connectivity index (χ1v) is 8.20. The molecule has 1 aromatic heterocycles. The van der Waals surface area contributed by atoms with Gasteiger partial charge in [-0.05, 0) is 50.0 Å². The molecule has 4 rings (SSSR count). The first-order valence-electron chi connectivity index (χ1n) is 8.20. The zero-order chi connectivity index (χ0) is 17.0. The molecule has 2 aromatic rings. The number of hydrogen-bond donors (Lipinski definition) is 1. The van der Waals surface area contributed by atoms with Crippen LogP contribution in [0.4, 0.5) is 4.39 Å². The normalized spacial score (nSPS) is 25.3. The molecular weight excluding hydrogens is 309 g/mol. The molecule has 2 aliphatic rings. The third kappa shape index (κ3) is 2.51. The number of pyridine rings is 1. The number of nitrogens with zero attached hydrogens (tertiary/aromatic N) is 2. The van der Waals surface area contributed by atoms with Crippen molar-refractivity contribution < 1.29 is 9.18 Å². The molecule has 1 unspecified atom stereocenters. The fourth-order valence-corrected chi connectivity index (χ4v) is 4.08. The Labute approximate surface area is 139 Å². The van der Waals surface area contributed by atoms with Gasteiger partial charge < -0.3 is 14.8 Å². The van der Waals surface area contributed by atoms with Gasteiger partial charge in [-0.25, -0.2) is 4.39 Å². The number of nitrogens with one attached hydrogen (secondary N) is 1. The van der Waals surface area contributed by atoms with E-state index in [0.29, 0.717) is 34.2 Å². The summed E-state index contributed by atoms with van der Waals surface area (Å²) in [5, 5.41) is 0.463. The summed E-state index contributed by atoms with van der Waals surface area (Å²) >= 11 is 0. The van der Waals surface area contributed by atoms with E-state index in [1.54, 1.807) is 4.90 Å². The first kappa shape index (κ1) is 15.3. The summed E-state index contributed by atoms with van der Waals surface area (Å²) in [6.07, 6.45) is 0. The smallest absolute Gasteiger partial charge is 0.254 e. The highest BCUT2D eigenvalue weighted by Gasteiger charge is 2.56. The van der Waals surface area contributed by atoms with Crippen LogP contribution in [0, 0.1) is 23.6 Å². The van der Waals surface area contributed by atoms with Gasteiger partial charge in [0, 0.05) is 36.6 Å². The highest BCUT2D eigenvalue weighted by Crippen LogP contribution is 2.52. The lowest BCUT2D eigenvalue weighted by molar-refractivity contribution is 0.0767. The van der Waals surface area contributed by atoms with E-state index in [-0.39, 0.29) is 11.5 Å². The van der Waals surface area contributed by atoms with Crippen LogP contribution in [-0.2, 0) is 0 Å². The molecule has 0 spiro atoms. The molecule has 1 aliphatic heterocycles. The minimum absolute atomic E-state index is 0.174. The quantitative estimate of drug-likeness (QED) is 0.929. The number of piperidine rings is 1. The first-order chi connectivity index (χ1) is 11.4. The molecule has 1 amide bonds. The lowest BCUT2D eigenvalue weighted by Crippen LogP contribution is -2.33. The maximum absolute atomic E-state index is 13.6. The lowest BCUT2D eigenvalue weighted by atomic mass is 10.1. The highest BCUT2D eigenvalue weighted by atomic mass is 19.1. The van der Waals surface area contributed by atoms with E-state index >= 15 is 0 Å². The van der Waals surface area contributed by atoms with E-state index in [4.69, 9.17) is 0 Å².